The number of aliphatic hydroxyl groups excluding tert-OH is 1. The van der Waals surface area contributed by atoms with Crippen LogP contribution < -0.4 is 0 Å². The van der Waals surface area contributed by atoms with Crippen LogP contribution in [-0.2, 0) is 0 Å². The fraction of sp³-hybridized carbons (Fsp3) is 0.632. The summed E-state index contributed by atoms with van der Waals surface area (Å²) < 4.78 is 1.74. The van der Waals surface area contributed by atoms with Crippen LogP contribution in [0.4, 0.5) is 0 Å². The van der Waals surface area contributed by atoms with E-state index in [4.69, 9.17) is 0 Å². The Morgan fingerprint density at radius 2 is 2.00 bits per heavy atom. The van der Waals surface area contributed by atoms with E-state index in [1.807, 2.05) is 24.8 Å². The minimum Gasteiger partial charge on any atom is -0.393 e. The highest BCUT2D eigenvalue weighted by Gasteiger charge is 2.40. The molecule has 2 aromatic heterocycles. The third kappa shape index (κ3) is 2.72. The molecular weight excluding hydrogens is 316 g/mol. The zero-order valence-electron chi connectivity index (χ0n) is 15.0. The number of amides is 1. The number of aromatic nitrogens is 3. The van der Waals surface area contributed by atoms with E-state index in [2.05, 4.69) is 10.1 Å². The topological polar surface area (TPSA) is 70.7 Å². The van der Waals surface area contributed by atoms with Gasteiger partial charge in [-0.1, -0.05) is 12.8 Å². The van der Waals surface area contributed by atoms with Crippen molar-refractivity contribution in [2.24, 2.45) is 5.92 Å². The summed E-state index contributed by atoms with van der Waals surface area (Å²) in [6, 6.07) is 2.00. The molecule has 0 radical (unpaired) electrons. The van der Waals surface area contributed by atoms with E-state index < -0.39 is 0 Å². The van der Waals surface area contributed by atoms with Crippen LogP contribution in [0.1, 0.15) is 60.3 Å². The molecule has 4 rings (SSSR count). The fourth-order valence-corrected chi connectivity index (χ4v) is 4.77. The molecule has 0 bridgehead atoms. The van der Waals surface area contributed by atoms with Crippen LogP contribution in [0.25, 0.3) is 5.65 Å². The SMILES string of the molecule is Cc1nc2ccnn2c(C)c1C(=O)N1CCC[C@@H]1[C@H]1CCCC[C@@H]1O. The molecule has 2 aromatic rings. The van der Waals surface area contributed by atoms with Crippen molar-refractivity contribution in [3.8, 4) is 0 Å². The summed E-state index contributed by atoms with van der Waals surface area (Å²) in [4.78, 5) is 19.9. The monoisotopic (exact) mass is 342 g/mol. The molecular formula is C19H26N4O2. The lowest BCUT2D eigenvalue weighted by atomic mass is 9.80. The smallest absolute Gasteiger partial charge is 0.257 e. The van der Waals surface area contributed by atoms with Crippen LogP contribution in [0.2, 0.25) is 0 Å². The number of carbonyl (C=O) groups is 1. The maximum Gasteiger partial charge on any atom is 0.257 e. The number of nitrogens with zero attached hydrogens (tertiary/aromatic N) is 4. The summed E-state index contributed by atoms with van der Waals surface area (Å²) in [5.41, 5.74) is 3.03. The van der Waals surface area contributed by atoms with Gasteiger partial charge in [-0.15, -0.1) is 0 Å². The van der Waals surface area contributed by atoms with Gasteiger partial charge in [0.15, 0.2) is 5.65 Å². The Hall–Kier alpha value is -1.95. The van der Waals surface area contributed by atoms with Gasteiger partial charge in [-0.3, -0.25) is 4.79 Å². The second kappa shape index (κ2) is 6.41. The van der Waals surface area contributed by atoms with Gasteiger partial charge in [0.2, 0.25) is 0 Å². The van der Waals surface area contributed by atoms with Crippen molar-refractivity contribution in [1.29, 1.82) is 0 Å². The Bertz CT molecular complexity index is 800. The predicted octanol–water partition coefficient (Wildman–Crippen LogP) is 2.50. The van der Waals surface area contributed by atoms with Crippen molar-refractivity contribution >= 4 is 11.6 Å². The summed E-state index contributed by atoms with van der Waals surface area (Å²) in [6.07, 6.45) is 7.56. The summed E-state index contributed by atoms with van der Waals surface area (Å²) in [5.74, 6) is 0.252. The van der Waals surface area contributed by atoms with Crippen molar-refractivity contribution in [3.63, 3.8) is 0 Å². The van der Waals surface area contributed by atoms with Gasteiger partial charge in [-0.2, -0.15) is 5.10 Å². The second-order valence-electron chi connectivity index (χ2n) is 7.48. The minimum atomic E-state index is -0.277. The van der Waals surface area contributed by atoms with Gasteiger partial charge in [0.05, 0.1) is 29.3 Å². The first-order chi connectivity index (χ1) is 12.1. The highest BCUT2D eigenvalue weighted by atomic mass is 16.3. The average molecular weight is 342 g/mol. The second-order valence-corrected chi connectivity index (χ2v) is 7.48. The summed E-state index contributed by atoms with van der Waals surface area (Å²) in [7, 11) is 0. The number of hydrogen-bond acceptors (Lipinski definition) is 4. The van der Waals surface area contributed by atoms with Gasteiger partial charge in [0.1, 0.15) is 0 Å². The Kier molecular flexibility index (Phi) is 4.23. The standard InChI is InChI=1S/C19H26N4O2/c1-12-18(13(2)23-17(21-12)9-10-20-23)19(25)22-11-5-7-15(22)14-6-3-4-8-16(14)24/h9-10,14-16,24H,3-8,11H2,1-2H3/t14-,15-,16+/m1/s1. The molecule has 2 fully saturated rings. The Morgan fingerprint density at radius 3 is 2.80 bits per heavy atom. The maximum atomic E-state index is 13.4. The van der Waals surface area contributed by atoms with Crippen LogP contribution >= 0.6 is 0 Å². The van der Waals surface area contributed by atoms with Gasteiger partial charge in [0, 0.05) is 24.6 Å². The van der Waals surface area contributed by atoms with Crippen LogP contribution in [0.5, 0.6) is 0 Å². The molecule has 1 N–H and O–H groups in total. The molecule has 1 saturated heterocycles. The zero-order chi connectivity index (χ0) is 17.6. The quantitative estimate of drug-likeness (QED) is 0.910. The highest BCUT2D eigenvalue weighted by Crippen LogP contribution is 2.35. The molecule has 0 spiro atoms. The lowest BCUT2D eigenvalue weighted by Crippen LogP contribution is -2.45. The summed E-state index contributed by atoms with van der Waals surface area (Å²) in [6.45, 7) is 4.60. The predicted molar refractivity (Wildman–Crippen MR) is 94.5 cm³/mol. The summed E-state index contributed by atoms with van der Waals surface area (Å²) >= 11 is 0. The van der Waals surface area contributed by atoms with Crippen LogP contribution in [0, 0.1) is 19.8 Å². The van der Waals surface area contributed by atoms with Gasteiger partial charge < -0.3 is 10.0 Å². The number of hydrogen-bond donors (Lipinski definition) is 1. The molecule has 1 aliphatic heterocycles. The molecule has 6 heteroatoms. The van der Waals surface area contributed by atoms with E-state index in [9.17, 15) is 9.90 Å². The zero-order valence-corrected chi connectivity index (χ0v) is 15.0. The molecule has 0 aromatic carbocycles. The number of carbonyl (C=O) groups excluding carboxylic acids is 1. The molecule has 1 saturated carbocycles. The van der Waals surface area contributed by atoms with Gasteiger partial charge in [-0.05, 0) is 39.5 Å². The Labute approximate surface area is 147 Å². The average Bonchev–Trinajstić information content (AvgIpc) is 3.24. The van der Waals surface area contributed by atoms with Crippen molar-refractivity contribution in [2.75, 3.05) is 6.54 Å². The van der Waals surface area contributed by atoms with Crippen molar-refractivity contribution in [2.45, 2.75) is 64.5 Å². The molecule has 6 nitrogen and oxygen atoms in total. The largest absolute Gasteiger partial charge is 0.393 e. The Balaban J connectivity index is 1.68. The lowest BCUT2D eigenvalue weighted by molar-refractivity contribution is 0.0210. The van der Waals surface area contributed by atoms with E-state index in [1.54, 1.807) is 10.7 Å². The van der Waals surface area contributed by atoms with E-state index >= 15 is 0 Å². The number of likely N-dealkylation sites (tertiary alicyclic amines) is 1. The van der Waals surface area contributed by atoms with Crippen LogP contribution in [0.3, 0.4) is 0 Å². The molecule has 3 atom stereocenters. The molecule has 3 heterocycles. The van der Waals surface area contributed by atoms with E-state index in [-0.39, 0.29) is 24.0 Å². The summed E-state index contributed by atoms with van der Waals surface area (Å²) in [5, 5.41) is 14.8. The number of fused-ring (bicyclic) bond motifs is 1. The van der Waals surface area contributed by atoms with Crippen molar-refractivity contribution < 1.29 is 9.90 Å². The normalized spacial score (nSPS) is 27.2. The molecule has 2 aliphatic rings. The fourth-order valence-electron chi connectivity index (χ4n) is 4.77. The third-order valence-electron chi connectivity index (χ3n) is 6.00. The van der Waals surface area contributed by atoms with Crippen LogP contribution in [-0.4, -0.2) is 49.2 Å². The molecule has 134 valence electrons. The minimum absolute atomic E-state index is 0.0418. The van der Waals surface area contributed by atoms with E-state index in [1.165, 1.54) is 0 Å². The lowest BCUT2D eigenvalue weighted by Gasteiger charge is -2.37. The van der Waals surface area contributed by atoms with Crippen molar-refractivity contribution in [1.82, 2.24) is 19.5 Å². The third-order valence-corrected chi connectivity index (χ3v) is 6.00. The number of aliphatic hydroxyl groups is 1. The number of rotatable bonds is 2. The van der Waals surface area contributed by atoms with E-state index in [0.29, 0.717) is 5.56 Å². The van der Waals surface area contributed by atoms with Crippen LogP contribution in [0.15, 0.2) is 12.3 Å². The highest BCUT2D eigenvalue weighted by molar-refractivity contribution is 5.97. The van der Waals surface area contributed by atoms with Gasteiger partial charge in [-0.25, -0.2) is 9.50 Å². The number of aryl methyl sites for hydroxylation is 2. The van der Waals surface area contributed by atoms with Crippen molar-refractivity contribution in [3.05, 3.63) is 29.2 Å². The first kappa shape index (κ1) is 16.5. The molecule has 25 heavy (non-hydrogen) atoms. The van der Waals surface area contributed by atoms with E-state index in [0.717, 1.165) is 62.1 Å². The first-order valence-electron chi connectivity index (χ1n) is 9.38. The molecule has 1 aliphatic carbocycles. The molecule has 0 unspecified atom stereocenters. The Morgan fingerprint density at radius 1 is 1.20 bits per heavy atom. The first-order valence-corrected chi connectivity index (χ1v) is 9.38. The molecule has 1 amide bonds. The van der Waals surface area contributed by atoms with Gasteiger partial charge >= 0.3 is 0 Å². The maximum absolute atomic E-state index is 13.4. The van der Waals surface area contributed by atoms with Gasteiger partial charge in [0.25, 0.3) is 5.91 Å².